The molecule has 0 aliphatic carbocycles. The number of rotatable bonds is 3. The van der Waals surface area contributed by atoms with E-state index in [1.54, 1.807) is 0 Å². The number of benzene rings is 1. The van der Waals surface area contributed by atoms with Crippen LogP contribution in [0.25, 0.3) is 5.69 Å². The van der Waals surface area contributed by atoms with Gasteiger partial charge in [0.25, 0.3) is 0 Å². The Morgan fingerprint density at radius 1 is 1.37 bits per heavy atom. The summed E-state index contributed by atoms with van der Waals surface area (Å²) in [4.78, 5) is 6.46. The van der Waals surface area contributed by atoms with Gasteiger partial charge in [-0.25, -0.2) is 4.98 Å². The fourth-order valence-corrected chi connectivity index (χ4v) is 2.65. The number of hydrogen-bond acceptors (Lipinski definition) is 3. The van der Waals surface area contributed by atoms with Gasteiger partial charge in [-0.1, -0.05) is 6.07 Å². The van der Waals surface area contributed by atoms with Gasteiger partial charge in [0.15, 0.2) is 0 Å². The summed E-state index contributed by atoms with van der Waals surface area (Å²) in [7, 11) is 4.13. The zero-order valence-electron chi connectivity index (χ0n) is 11.5. The fraction of sp³-hybridized carbons (Fsp3) is 0.400. The summed E-state index contributed by atoms with van der Waals surface area (Å²) in [5.41, 5.74) is 3.70. The lowest BCUT2D eigenvalue weighted by Crippen LogP contribution is -2.12. The number of nitrogens with one attached hydrogen (secondary N) is 1. The Bertz CT molecular complexity index is 553. The molecule has 1 aromatic heterocycles. The standard InChI is InChI=1S/C15H20N4/c1-18(2)13-4-3-5-14(8-13)19-11-17-10-15(19)12-6-7-16-9-12/h3-5,8,10-12,16H,6-7,9H2,1-2H3. The number of aromatic nitrogens is 2. The first-order valence-electron chi connectivity index (χ1n) is 6.76. The molecular weight excluding hydrogens is 236 g/mol. The number of nitrogens with zero attached hydrogens (tertiary/aromatic N) is 3. The quantitative estimate of drug-likeness (QED) is 0.912. The van der Waals surface area contributed by atoms with Crippen molar-refractivity contribution in [2.75, 3.05) is 32.1 Å². The summed E-state index contributed by atoms with van der Waals surface area (Å²) in [6.45, 7) is 2.16. The van der Waals surface area contributed by atoms with Crippen LogP contribution in [-0.4, -0.2) is 36.7 Å². The average molecular weight is 256 g/mol. The van der Waals surface area contributed by atoms with Crippen molar-refractivity contribution in [1.82, 2.24) is 14.9 Å². The van der Waals surface area contributed by atoms with Crippen LogP contribution in [0, 0.1) is 0 Å². The lowest BCUT2D eigenvalue weighted by atomic mass is 10.1. The van der Waals surface area contributed by atoms with Crippen molar-refractivity contribution in [1.29, 1.82) is 0 Å². The molecule has 1 aliphatic rings. The summed E-state index contributed by atoms with van der Waals surface area (Å²) < 4.78 is 2.21. The second-order valence-corrected chi connectivity index (χ2v) is 5.29. The van der Waals surface area contributed by atoms with Crippen molar-refractivity contribution in [2.24, 2.45) is 0 Å². The lowest BCUT2D eigenvalue weighted by Gasteiger charge is -2.16. The Hall–Kier alpha value is -1.81. The molecule has 0 saturated carbocycles. The van der Waals surface area contributed by atoms with Crippen LogP contribution in [0.2, 0.25) is 0 Å². The second-order valence-electron chi connectivity index (χ2n) is 5.29. The highest BCUT2D eigenvalue weighted by molar-refractivity contribution is 5.52. The van der Waals surface area contributed by atoms with Crippen LogP contribution in [0.3, 0.4) is 0 Å². The molecular formula is C15H20N4. The van der Waals surface area contributed by atoms with Gasteiger partial charge in [0.1, 0.15) is 0 Å². The minimum absolute atomic E-state index is 0.575. The van der Waals surface area contributed by atoms with E-state index in [2.05, 4.69) is 58.1 Å². The molecule has 2 aromatic rings. The van der Waals surface area contributed by atoms with E-state index in [0.717, 1.165) is 13.1 Å². The third-order valence-electron chi connectivity index (χ3n) is 3.77. The Morgan fingerprint density at radius 3 is 3.00 bits per heavy atom. The van der Waals surface area contributed by atoms with Gasteiger partial charge in [-0.15, -0.1) is 0 Å². The summed E-state index contributed by atoms with van der Waals surface area (Å²) in [5, 5.41) is 3.42. The average Bonchev–Trinajstić information content (AvgIpc) is 3.09. The van der Waals surface area contributed by atoms with E-state index in [1.807, 2.05) is 12.5 Å². The molecule has 1 unspecified atom stereocenters. The van der Waals surface area contributed by atoms with Crippen molar-refractivity contribution >= 4 is 5.69 Å². The van der Waals surface area contributed by atoms with Gasteiger partial charge in [-0.3, -0.25) is 0 Å². The largest absolute Gasteiger partial charge is 0.378 e. The zero-order chi connectivity index (χ0) is 13.2. The smallest absolute Gasteiger partial charge is 0.0994 e. The number of anilines is 1. The van der Waals surface area contributed by atoms with Crippen LogP contribution < -0.4 is 10.2 Å². The monoisotopic (exact) mass is 256 g/mol. The van der Waals surface area contributed by atoms with E-state index < -0.39 is 0 Å². The summed E-state index contributed by atoms with van der Waals surface area (Å²) in [6, 6.07) is 8.56. The first-order chi connectivity index (χ1) is 9.25. The second kappa shape index (κ2) is 5.05. The first kappa shape index (κ1) is 12.2. The molecule has 4 nitrogen and oxygen atoms in total. The van der Waals surface area contributed by atoms with E-state index in [-0.39, 0.29) is 0 Å². The van der Waals surface area contributed by atoms with Crippen LogP contribution in [-0.2, 0) is 0 Å². The van der Waals surface area contributed by atoms with Crippen molar-refractivity contribution in [3.63, 3.8) is 0 Å². The molecule has 0 bridgehead atoms. The first-order valence-corrected chi connectivity index (χ1v) is 6.76. The van der Waals surface area contributed by atoms with E-state index >= 15 is 0 Å². The molecule has 100 valence electrons. The molecule has 0 radical (unpaired) electrons. The van der Waals surface area contributed by atoms with Gasteiger partial charge < -0.3 is 14.8 Å². The van der Waals surface area contributed by atoms with Crippen molar-refractivity contribution in [3.8, 4) is 5.69 Å². The van der Waals surface area contributed by atoms with E-state index in [9.17, 15) is 0 Å². The van der Waals surface area contributed by atoms with E-state index in [1.165, 1.54) is 23.5 Å². The van der Waals surface area contributed by atoms with Gasteiger partial charge in [-0.05, 0) is 31.2 Å². The Labute approximate surface area is 114 Å². The van der Waals surface area contributed by atoms with Gasteiger partial charge in [0.2, 0.25) is 0 Å². The van der Waals surface area contributed by atoms with E-state index in [4.69, 9.17) is 0 Å². The maximum Gasteiger partial charge on any atom is 0.0994 e. The third-order valence-corrected chi connectivity index (χ3v) is 3.77. The Morgan fingerprint density at radius 2 is 2.26 bits per heavy atom. The molecule has 19 heavy (non-hydrogen) atoms. The SMILES string of the molecule is CN(C)c1cccc(-n2cncc2C2CCNC2)c1. The summed E-state index contributed by atoms with van der Waals surface area (Å²) >= 11 is 0. The maximum absolute atomic E-state index is 4.34. The fourth-order valence-electron chi connectivity index (χ4n) is 2.65. The highest BCUT2D eigenvalue weighted by Gasteiger charge is 2.20. The molecule has 4 heteroatoms. The minimum atomic E-state index is 0.575. The minimum Gasteiger partial charge on any atom is -0.378 e. The molecule has 1 aromatic carbocycles. The van der Waals surface area contributed by atoms with Gasteiger partial charge >= 0.3 is 0 Å². The highest BCUT2D eigenvalue weighted by Crippen LogP contribution is 2.26. The number of imidazole rings is 1. The Balaban J connectivity index is 1.98. The molecule has 1 fully saturated rings. The molecule has 0 spiro atoms. The van der Waals surface area contributed by atoms with Gasteiger partial charge in [0.05, 0.1) is 6.33 Å². The molecule has 1 atom stereocenters. The highest BCUT2D eigenvalue weighted by atomic mass is 15.1. The number of hydrogen-bond donors (Lipinski definition) is 1. The summed E-state index contributed by atoms with van der Waals surface area (Å²) in [5.74, 6) is 0.575. The predicted molar refractivity (Wildman–Crippen MR) is 78.1 cm³/mol. The van der Waals surface area contributed by atoms with Gasteiger partial charge in [-0.2, -0.15) is 0 Å². The summed E-state index contributed by atoms with van der Waals surface area (Å²) in [6.07, 6.45) is 5.11. The molecule has 2 heterocycles. The van der Waals surface area contributed by atoms with Crippen LogP contribution in [0.5, 0.6) is 0 Å². The zero-order valence-corrected chi connectivity index (χ0v) is 11.5. The van der Waals surface area contributed by atoms with Crippen molar-refractivity contribution in [3.05, 3.63) is 42.5 Å². The maximum atomic E-state index is 4.34. The van der Waals surface area contributed by atoms with Crippen molar-refractivity contribution in [2.45, 2.75) is 12.3 Å². The normalized spacial score (nSPS) is 18.7. The Kier molecular flexibility index (Phi) is 3.25. The van der Waals surface area contributed by atoms with Crippen molar-refractivity contribution < 1.29 is 0 Å². The van der Waals surface area contributed by atoms with Crippen LogP contribution in [0.15, 0.2) is 36.8 Å². The third kappa shape index (κ3) is 2.36. The topological polar surface area (TPSA) is 33.1 Å². The molecule has 1 saturated heterocycles. The van der Waals surface area contributed by atoms with Gasteiger partial charge in [0, 0.05) is 49.8 Å². The van der Waals surface area contributed by atoms with Crippen LogP contribution >= 0.6 is 0 Å². The molecule has 1 N–H and O–H groups in total. The molecule has 0 amide bonds. The predicted octanol–water partition coefficient (Wildman–Crippen LogP) is 2.02. The molecule has 1 aliphatic heterocycles. The van der Waals surface area contributed by atoms with Crippen LogP contribution in [0.1, 0.15) is 18.0 Å². The molecule has 3 rings (SSSR count). The van der Waals surface area contributed by atoms with Crippen LogP contribution in [0.4, 0.5) is 5.69 Å². The van der Waals surface area contributed by atoms with E-state index in [0.29, 0.717) is 5.92 Å². The lowest BCUT2D eigenvalue weighted by molar-refractivity contribution is 0.714.